The Kier molecular flexibility index (Phi) is 3.69. The van der Waals surface area contributed by atoms with Crippen LogP contribution in [0.3, 0.4) is 0 Å². The predicted molar refractivity (Wildman–Crippen MR) is 92.5 cm³/mol. The first-order valence-electron chi connectivity index (χ1n) is 8.18. The smallest absolute Gasteiger partial charge is 0.244 e. The van der Waals surface area contributed by atoms with Crippen LogP contribution in [0.5, 0.6) is 0 Å². The Hall–Kier alpha value is -2.19. The van der Waals surface area contributed by atoms with Gasteiger partial charge >= 0.3 is 0 Å². The lowest BCUT2D eigenvalue weighted by molar-refractivity contribution is 0.506. The van der Waals surface area contributed by atoms with Crippen LogP contribution in [-0.4, -0.2) is 29.6 Å². The Labute approximate surface area is 144 Å². The Bertz CT molecular complexity index is 1050. The van der Waals surface area contributed by atoms with Crippen molar-refractivity contribution in [2.75, 3.05) is 0 Å². The fraction of sp³-hybridized carbons (Fsp3) is 0.353. The van der Waals surface area contributed by atoms with Crippen LogP contribution in [0.2, 0.25) is 0 Å². The van der Waals surface area contributed by atoms with Crippen molar-refractivity contribution in [3.63, 3.8) is 0 Å². The lowest BCUT2D eigenvalue weighted by atomic mass is 9.92. The highest BCUT2D eigenvalue weighted by Crippen LogP contribution is 2.30. The summed E-state index contributed by atoms with van der Waals surface area (Å²) < 4.78 is 41.7. The minimum atomic E-state index is -3.64. The molecule has 1 unspecified atom stereocenters. The summed E-state index contributed by atoms with van der Waals surface area (Å²) in [6.45, 7) is 3.37. The van der Waals surface area contributed by atoms with E-state index in [1.165, 1.54) is 12.1 Å². The largest absolute Gasteiger partial charge is 0.358 e. The molecule has 1 aromatic carbocycles. The number of fused-ring (bicyclic) bond motifs is 3. The van der Waals surface area contributed by atoms with Gasteiger partial charge in [-0.25, -0.2) is 17.5 Å². The van der Waals surface area contributed by atoms with E-state index in [2.05, 4.69) is 19.9 Å². The molecule has 6 nitrogen and oxygen atoms in total. The van der Waals surface area contributed by atoms with Gasteiger partial charge in [0, 0.05) is 22.6 Å². The van der Waals surface area contributed by atoms with Gasteiger partial charge in [0.15, 0.2) is 0 Å². The molecule has 8 heteroatoms. The molecule has 0 saturated heterocycles. The predicted octanol–water partition coefficient (Wildman–Crippen LogP) is 2.48. The van der Waals surface area contributed by atoms with Crippen LogP contribution in [-0.2, 0) is 22.9 Å². The van der Waals surface area contributed by atoms with Gasteiger partial charge < -0.3 is 4.98 Å². The number of sulfonamides is 1. The average Bonchev–Trinajstić information content (AvgIpc) is 3.06. The molecule has 0 aliphatic heterocycles. The Morgan fingerprint density at radius 1 is 1.32 bits per heavy atom. The van der Waals surface area contributed by atoms with Crippen LogP contribution < -0.4 is 4.72 Å². The summed E-state index contributed by atoms with van der Waals surface area (Å²) in [6.07, 6.45) is 2.00. The van der Waals surface area contributed by atoms with Gasteiger partial charge in [-0.15, -0.1) is 0 Å². The number of nitrogens with one attached hydrogen (secondary N) is 3. The van der Waals surface area contributed by atoms with Crippen molar-refractivity contribution in [1.82, 2.24) is 19.9 Å². The van der Waals surface area contributed by atoms with Crippen molar-refractivity contribution < 1.29 is 12.8 Å². The zero-order valence-electron chi connectivity index (χ0n) is 14.0. The van der Waals surface area contributed by atoms with Crippen molar-refractivity contribution >= 4 is 20.9 Å². The van der Waals surface area contributed by atoms with Gasteiger partial charge in [-0.3, -0.25) is 5.10 Å². The highest BCUT2D eigenvalue weighted by atomic mass is 32.2. The lowest BCUT2D eigenvalue weighted by Crippen LogP contribution is -2.39. The second-order valence-corrected chi connectivity index (χ2v) is 8.25. The number of H-pyrrole nitrogens is 2. The molecule has 4 rings (SSSR count). The van der Waals surface area contributed by atoms with Crippen LogP contribution in [0, 0.1) is 19.7 Å². The van der Waals surface area contributed by atoms with Crippen LogP contribution in [0.1, 0.15) is 29.1 Å². The summed E-state index contributed by atoms with van der Waals surface area (Å²) in [4.78, 5) is 3.48. The fourth-order valence-corrected chi connectivity index (χ4v) is 5.35. The van der Waals surface area contributed by atoms with E-state index in [1.807, 2.05) is 0 Å². The summed E-state index contributed by atoms with van der Waals surface area (Å²) in [5, 5.41) is 7.63. The first-order valence-corrected chi connectivity index (χ1v) is 9.66. The normalized spacial score (nSPS) is 17.8. The van der Waals surface area contributed by atoms with E-state index in [0.29, 0.717) is 24.2 Å². The van der Waals surface area contributed by atoms with Crippen LogP contribution in [0.4, 0.5) is 4.39 Å². The minimum absolute atomic E-state index is 0.199. The molecule has 0 saturated carbocycles. The van der Waals surface area contributed by atoms with E-state index in [-0.39, 0.29) is 16.8 Å². The SMILES string of the molecule is Cc1n[nH]c(C)c1S(=O)(=O)NC1CCc2[nH]c3cc(F)ccc3c2C1. The van der Waals surface area contributed by atoms with E-state index in [4.69, 9.17) is 0 Å². The Morgan fingerprint density at radius 2 is 2.12 bits per heavy atom. The molecular formula is C17H19FN4O2S. The molecule has 3 N–H and O–H groups in total. The lowest BCUT2D eigenvalue weighted by Gasteiger charge is -2.23. The number of halogens is 1. The molecule has 2 heterocycles. The molecule has 0 amide bonds. The summed E-state index contributed by atoms with van der Waals surface area (Å²) in [6, 6.07) is 4.46. The second-order valence-electron chi connectivity index (χ2n) is 6.60. The zero-order chi connectivity index (χ0) is 17.8. The number of benzene rings is 1. The first kappa shape index (κ1) is 16.3. The van der Waals surface area contributed by atoms with Crippen molar-refractivity contribution in [2.45, 2.75) is 44.0 Å². The van der Waals surface area contributed by atoms with Crippen LogP contribution in [0.25, 0.3) is 10.9 Å². The standard InChI is InChI=1S/C17H19FN4O2S/c1-9-17(10(2)21-20-9)25(23,24)22-12-4-6-15-14(8-12)13-5-3-11(18)7-16(13)19-15/h3,5,7,12,19,22H,4,6,8H2,1-2H3,(H,20,21). The third-order valence-electron chi connectivity index (χ3n) is 4.80. The summed E-state index contributed by atoms with van der Waals surface area (Å²) in [7, 11) is -3.64. The maximum absolute atomic E-state index is 13.4. The quantitative estimate of drug-likeness (QED) is 0.668. The van der Waals surface area contributed by atoms with Gasteiger partial charge in [-0.2, -0.15) is 5.10 Å². The number of aromatic amines is 2. The Balaban J connectivity index is 1.64. The number of hydrogen-bond donors (Lipinski definition) is 3. The monoisotopic (exact) mass is 362 g/mol. The molecule has 132 valence electrons. The molecule has 1 aliphatic carbocycles. The third kappa shape index (κ3) is 2.75. The molecule has 2 aromatic heterocycles. The zero-order valence-corrected chi connectivity index (χ0v) is 14.8. The van der Waals surface area contributed by atoms with Gasteiger partial charge in [0.2, 0.25) is 10.0 Å². The summed E-state index contributed by atoms with van der Waals surface area (Å²) >= 11 is 0. The van der Waals surface area contributed by atoms with Crippen molar-refractivity contribution in [3.8, 4) is 0 Å². The molecule has 1 atom stereocenters. The van der Waals surface area contributed by atoms with Crippen LogP contribution in [0.15, 0.2) is 23.1 Å². The van der Waals surface area contributed by atoms with E-state index in [9.17, 15) is 12.8 Å². The van der Waals surface area contributed by atoms with Crippen molar-refractivity contribution in [3.05, 3.63) is 46.7 Å². The number of rotatable bonds is 3. The fourth-order valence-electron chi connectivity index (χ4n) is 3.71. The molecule has 0 radical (unpaired) electrons. The number of hydrogen-bond acceptors (Lipinski definition) is 3. The van der Waals surface area contributed by atoms with Crippen molar-refractivity contribution in [1.29, 1.82) is 0 Å². The highest BCUT2D eigenvalue weighted by molar-refractivity contribution is 7.89. The topological polar surface area (TPSA) is 90.6 Å². The maximum atomic E-state index is 13.4. The average molecular weight is 362 g/mol. The van der Waals surface area contributed by atoms with Gasteiger partial charge in [0.05, 0.1) is 11.4 Å². The van der Waals surface area contributed by atoms with Gasteiger partial charge in [-0.05, 0) is 56.9 Å². The van der Waals surface area contributed by atoms with E-state index in [1.54, 1.807) is 19.9 Å². The second kappa shape index (κ2) is 5.67. The van der Waals surface area contributed by atoms with Gasteiger partial charge in [0.25, 0.3) is 0 Å². The molecule has 25 heavy (non-hydrogen) atoms. The number of nitrogens with zero attached hydrogens (tertiary/aromatic N) is 1. The molecule has 0 spiro atoms. The molecule has 0 bridgehead atoms. The highest BCUT2D eigenvalue weighted by Gasteiger charge is 2.29. The number of aryl methyl sites for hydroxylation is 3. The van der Waals surface area contributed by atoms with Crippen LogP contribution >= 0.6 is 0 Å². The molecular weight excluding hydrogens is 343 g/mol. The van der Waals surface area contributed by atoms with Crippen molar-refractivity contribution in [2.24, 2.45) is 0 Å². The molecule has 3 aromatic rings. The minimum Gasteiger partial charge on any atom is -0.358 e. The van der Waals surface area contributed by atoms with Gasteiger partial charge in [-0.1, -0.05) is 0 Å². The third-order valence-corrected chi connectivity index (χ3v) is 6.58. The first-order chi connectivity index (χ1) is 11.8. The number of aromatic nitrogens is 3. The van der Waals surface area contributed by atoms with Gasteiger partial charge in [0.1, 0.15) is 10.7 Å². The van der Waals surface area contributed by atoms with E-state index in [0.717, 1.165) is 28.6 Å². The maximum Gasteiger partial charge on any atom is 0.244 e. The van der Waals surface area contributed by atoms with E-state index < -0.39 is 10.0 Å². The summed E-state index contributed by atoms with van der Waals surface area (Å²) in [5.74, 6) is -0.283. The molecule has 0 fully saturated rings. The molecule has 1 aliphatic rings. The summed E-state index contributed by atoms with van der Waals surface area (Å²) in [5.41, 5.74) is 3.88. The van der Waals surface area contributed by atoms with E-state index >= 15 is 0 Å². The Morgan fingerprint density at radius 3 is 2.84 bits per heavy atom.